The minimum absolute atomic E-state index is 0.209. The van der Waals surface area contributed by atoms with Crippen molar-refractivity contribution in [3.63, 3.8) is 0 Å². The van der Waals surface area contributed by atoms with Gasteiger partial charge in [0.1, 0.15) is 12.4 Å². The maximum absolute atomic E-state index is 12.2. The molecule has 0 aliphatic heterocycles. The quantitative estimate of drug-likeness (QED) is 0.620. The monoisotopic (exact) mass is 345 g/mol. The topological polar surface area (TPSA) is 70.8 Å². The molecular weight excluding hydrogens is 314 g/mol. The molecule has 0 aromatic carbocycles. The average molecular weight is 346 g/mol. The summed E-state index contributed by atoms with van der Waals surface area (Å²) in [6.45, 7) is 6.29. The Bertz CT molecular complexity index is 578. The Morgan fingerprint density at radius 3 is 2.26 bits per heavy atom. The van der Waals surface area contributed by atoms with Crippen molar-refractivity contribution in [2.45, 2.75) is 72.3 Å². The molecular formula is C17H31NO4S. The van der Waals surface area contributed by atoms with Gasteiger partial charge in [0.25, 0.3) is 0 Å². The summed E-state index contributed by atoms with van der Waals surface area (Å²) in [5, 5.41) is 9.46. The van der Waals surface area contributed by atoms with Gasteiger partial charge in [-0.15, -0.1) is 0 Å². The Morgan fingerprint density at radius 1 is 1.09 bits per heavy atom. The third-order valence-corrected chi connectivity index (χ3v) is 5.26. The molecule has 0 radical (unpaired) electrons. The number of aliphatic hydroxyl groups excluding tert-OH is 1. The van der Waals surface area contributed by atoms with E-state index in [0.29, 0.717) is 18.2 Å². The normalized spacial score (nSPS) is 11.9. The van der Waals surface area contributed by atoms with Crippen molar-refractivity contribution in [2.75, 3.05) is 17.1 Å². The molecule has 0 saturated heterocycles. The van der Waals surface area contributed by atoms with Gasteiger partial charge in [0.15, 0.2) is 0 Å². The van der Waals surface area contributed by atoms with Gasteiger partial charge in [0, 0.05) is 12.1 Å². The lowest BCUT2D eigenvalue weighted by molar-refractivity contribution is 0.247. The number of rotatable bonds is 11. The number of anilines is 1. The highest BCUT2D eigenvalue weighted by Crippen LogP contribution is 2.33. The highest BCUT2D eigenvalue weighted by Gasteiger charge is 2.26. The molecule has 1 N–H and O–H groups in total. The predicted octanol–water partition coefficient (Wildman–Crippen LogP) is 3.77. The van der Waals surface area contributed by atoms with E-state index in [-0.39, 0.29) is 6.61 Å². The van der Waals surface area contributed by atoms with Gasteiger partial charge in [0.05, 0.1) is 6.26 Å². The van der Waals surface area contributed by atoms with Gasteiger partial charge in [-0.1, -0.05) is 39.5 Å². The van der Waals surface area contributed by atoms with Gasteiger partial charge in [-0.25, -0.2) is 12.7 Å². The van der Waals surface area contributed by atoms with E-state index in [4.69, 9.17) is 4.42 Å². The Hall–Kier alpha value is -1.01. The Morgan fingerprint density at radius 2 is 1.74 bits per heavy atom. The molecule has 1 heterocycles. The smallest absolute Gasteiger partial charge is 0.234 e. The Balaban J connectivity index is 3.14. The molecule has 1 aromatic rings. The molecule has 0 bridgehead atoms. The van der Waals surface area contributed by atoms with Crippen molar-refractivity contribution in [2.24, 2.45) is 0 Å². The molecule has 134 valence electrons. The molecule has 0 fully saturated rings. The largest absolute Gasteiger partial charge is 0.441 e. The third kappa shape index (κ3) is 5.53. The van der Waals surface area contributed by atoms with Gasteiger partial charge in [-0.2, -0.15) is 0 Å². The van der Waals surface area contributed by atoms with Crippen molar-refractivity contribution < 1.29 is 17.9 Å². The van der Waals surface area contributed by atoms with Gasteiger partial charge >= 0.3 is 0 Å². The van der Waals surface area contributed by atoms with Crippen molar-refractivity contribution in [1.82, 2.24) is 0 Å². The van der Waals surface area contributed by atoms with E-state index in [9.17, 15) is 13.5 Å². The first-order chi connectivity index (χ1) is 10.9. The lowest BCUT2D eigenvalue weighted by atomic mass is 10.0. The first kappa shape index (κ1) is 20.0. The van der Waals surface area contributed by atoms with Crippen LogP contribution in [0.4, 0.5) is 5.88 Å². The number of furan rings is 1. The fourth-order valence-electron chi connectivity index (χ4n) is 2.68. The number of unbranched alkanes of at least 4 members (excludes halogenated alkanes) is 4. The molecule has 1 rings (SSSR count). The molecule has 0 aliphatic carbocycles. The number of hydrogen-bond donors (Lipinski definition) is 1. The molecule has 1 aromatic heterocycles. The first-order valence-electron chi connectivity index (χ1n) is 8.56. The van der Waals surface area contributed by atoms with Crippen molar-refractivity contribution in [1.29, 1.82) is 0 Å². The van der Waals surface area contributed by atoms with Crippen LogP contribution in [0, 0.1) is 6.92 Å². The Labute approximate surface area is 140 Å². The lowest BCUT2D eigenvalue weighted by Crippen LogP contribution is -2.31. The summed E-state index contributed by atoms with van der Waals surface area (Å²) in [5.41, 5.74) is 1.80. The number of hydrogen-bond acceptors (Lipinski definition) is 4. The highest BCUT2D eigenvalue weighted by molar-refractivity contribution is 7.92. The molecule has 23 heavy (non-hydrogen) atoms. The summed E-state index contributed by atoms with van der Waals surface area (Å²) in [7, 11) is -3.40. The van der Waals surface area contributed by atoms with Crippen LogP contribution in [0.25, 0.3) is 0 Å². The zero-order valence-electron chi connectivity index (χ0n) is 14.9. The van der Waals surface area contributed by atoms with Crippen molar-refractivity contribution in [3.05, 3.63) is 16.9 Å². The standard InChI is InChI=1S/C17H31NO4S/c1-5-7-9-10-11-15-14(3)16(13-19)22-17(15)18(12-8-6-2)23(4,20)21/h19H,5-13H2,1-4H3. The van der Waals surface area contributed by atoms with Crippen LogP contribution in [0.15, 0.2) is 4.42 Å². The maximum Gasteiger partial charge on any atom is 0.234 e. The molecule has 0 aliphatic rings. The average Bonchev–Trinajstić information content (AvgIpc) is 2.79. The molecule has 0 spiro atoms. The maximum atomic E-state index is 12.2. The molecule has 0 unspecified atom stereocenters. The lowest BCUT2D eigenvalue weighted by Gasteiger charge is -2.21. The van der Waals surface area contributed by atoms with E-state index >= 15 is 0 Å². The van der Waals surface area contributed by atoms with Crippen LogP contribution in [-0.2, 0) is 23.1 Å². The second kappa shape index (κ2) is 9.33. The van der Waals surface area contributed by atoms with Crippen molar-refractivity contribution >= 4 is 15.9 Å². The molecule has 0 saturated carbocycles. The fraction of sp³-hybridized carbons (Fsp3) is 0.765. The highest BCUT2D eigenvalue weighted by atomic mass is 32.2. The van der Waals surface area contributed by atoms with Crippen molar-refractivity contribution in [3.8, 4) is 0 Å². The van der Waals surface area contributed by atoms with Crippen LogP contribution in [0.1, 0.15) is 69.3 Å². The van der Waals surface area contributed by atoms with Gasteiger partial charge in [0.2, 0.25) is 15.9 Å². The van der Waals surface area contributed by atoms with Gasteiger partial charge in [-0.05, 0) is 31.7 Å². The molecule has 0 amide bonds. The molecule has 6 heteroatoms. The van der Waals surface area contributed by atoms with Gasteiger partial charge < -0.3 is 9.52 Å². The summed E-state index contributed by atoms with van der Waals surface area (Å²) >= 11 is 0. The van der Waals surface area contributed by atoms with Crippen LogP contribution >= 0.6 is 0 Å². The zero-order valence-corrected chi connectivity index (χ0v) is 15.7. The first-order valence-corrected chi connectivity index (χ1v) is 10.4. The number of aliphatic hydroxyl groups is 1. The van der Waals surface area contributed by atoms with Crippen LogP contribution in [0.5, 0.6) is 0 Å². The second-order valence-electron chi connectivity index (χ2n) is 6.09. The summed E-state index contributed by atoms with van der Waals surface area (Å²) in [5.74, 6) is 0.870. The van der Waals surface area contributed by atoms with Crippen LogP contribution < -0.4 is 4.31 Å². The third-order valence-electron chi connectivity index (χ3n) is 4.11. The molecule has 5 nitrogen and oxygen atoms in total. The fourth-order valence-corrected chi connectivity index (χ4v) is 3.59. The SMILES string of the molecule is CCCCCCc1c(N(CCCC)S(C)(=O)=O)oc(CO)c1C. The van der Waals surface area contributed by atoms with Crippen LogP contribution in [0.3, 0.4) is 0 Å². The summed E-state index contributed by atoms with van der Waals surface area (Å²) in [6, 6.07) is 0. The van der Waals surface area contributed by atoms with Crippen LogP contribution in [0.2, 0.25) is 0 Å². The summed E-state index contributed by atoms with van der Waals surface area (Å²) in [6.07, 6.45) is 8.11. The van der Waals surface area contributed by atoms with E-state index < -0.39 is 10.0 Å². The van der Waals surface area contributed by atoms with Crippen LogP contribution in [-0.4, -0.2) is 26.3 Å². The number of nitrogens with zero attached hydrogens (tertiary/aromatic N) is 1. The van der Waals surface area contributed by atoms with Gasteiger partial charge in [-0.3, -0.25) is 0 Å². The summed E-state index contributed by atoms with van der Waals surface area (Å²) < 4.78 is 31.5. The van der Waals surface area contributed by atoms with E-state index in [1.54, 1.807) is 0 Å². The number of sulfonamides is 1. The van der Waals surface area contributed by atoms with E-state index in [0.717, 1.165) is 49.7 Å². The zero-order chi connectivity index (χ0) is 17.5. The molecule has 0 atom stereocenters. The Kier molecular flexibility index (Phi) is 8.12. The van der Waals surface area contributed by atoms with E-state index in [2.05, 4.69) is 6.92 Å². The second-order valence-corrected chi connectivity index (χ2v) is 8.00. The van der Waals surface area contributed by atoms with E-state index in [1.807, 2.05) is 13.8 Å². The minimum Gasteiger partial charge on any atom is -0.441 e. The van der Waals surface area contributed by atoms with E-state index in [1.165, 1.54) is 17.0 Å². The summed E-state index contributed by atoms with van der Waals surface area (Å²) in [4.78, 5) is 0. The predicted molar refractivity (Wildman–Crippen MR) is 94.3 cm³/mol. The minimum atomic E-state index is -3.40.